The molecule has 1 saturated heterocycles. The number of benzene rings is 1. The Hall–Kier alpha value is -0.910. The second kappa shape index (κ2) is 8.65. The molecule has 3 rings (SSSR count). The highest BCUT2D eigenvalue weighted by Gasteiger charge is 2.23. The van der Waals surface area contributed by atoms with E-state index in [-0.39, 0.29) is 24.4 Å². The number of hydrogen-bond acceptors (Lipinski definition) is 4. The fourth-order valence-electron chi connectivity index (χ4n) is 2.90. The van der Waals surface area contributed by atoms with Crippen LogP contribution in [0.1, 0.15) is 30.9 Å². The van der Waals surface area contributed by atoms with E-state index in [0.717, 1.165) is 48.8 Å². The standard InChI is InChI=1S/C16H22N2O2S.ClH/c19-16(10-12-11-21-9-7-17-12)18-14-5-3-8-20-15-6-2-1-4-13(14)15;/h1-2,4,6,12,14,17H,3,5,7-11H2,(H,18,19);1H. The average Bonchev–Trinajstić information content (AvgIpc) is 2.71. The number of halogens is 1. The molecule has 2 atom stereocenters. The second-order valence-corrected chi connectivity index (χ2v) is 6.73. The Morgan fingerprint density at radius 1 is 1.41 bits per heavy atom. The van der Waals surface area contributed by atoms with Crippen molar-refractivity contribution in [2.45, 2.75) is 31.3 Å². The van der Waals surface area contributed by atoms with Crippen LogP contribution in [0.4, 0.5) is 0 Å². The van der Waals surface area contributed by atoms with E-state index in [1.54, 1.807) is 0 Å². The highest BCUT2D eigenvalue weighted by atomic mass is 35.5. The SMILES string of the molecule is Cl.O=C(CC1CSCCN1)NC1CCCOc2ccccc21. The first kappa shape index (κ1) is 17.4. The van der Waals surface area contributed by atoms with Crippen molar-refractivity contribution in [1.29, 1.82) is 0 Å². The first-order valence-electron chi connectivity index (χ1n) is 7.65. The van der Waals surface area contributed by atoms with E-state index in [9.17, 15) is 4.79 Å². The molecule has 2 N–H and O–H groups in total. The molecular weight excluding hydrogens is 320 g/mol. The minimum absolute atomic E-state index is 0. The van der Waals surface area contributed by atoms with Gasteiger partial charge in [0.15, 0.2) is 0 Å². The van der Waals surface area contributed by atoms with E-state index in [1.165, 1.54) is 0 Å². The van der Waals surface area contributed by atoms with Gasteiger partial charge in [-0.1, -0.05) is 18.2 Å². The normalized spacial score (nSPS) is 24.2. The van der Waals surface area contributed by atoms with Crippen molar-refractivity contribution < 1.29 is 9.53 Å². The van der Waals surface area contributed by atoms with E-state index >= 15 is 0 Å². The van der Waals surface area contributed by atoms with Crippen molar-refractivity contribution in [3.63, 3.8) is 0 Å². The number of fused-ring (bicyclic) bond motifs is 1. The summed E-state index contributed by atoms with van der Waals surface area (Å²) in [5, 5.41) is 6.61. The van der Waals surface area contributed by atoms with Crippen LogP contribution in [0.3, 0.4) is 0 Å². The molecule has 22 heavy (non-hydrogen) atoms. The lowest BCUT2D eigenvalue weighted by atomic mass is 10.0. The van der Waals surface area contributed by atoms with E-state index in [4.69, 9.17) is 4.74 Å². The van der Waals surface area contributed by atoms with Crippen molar-refractivity contribution in [2.24, 2.45) is 0 Å². The van der Waals surface area contributed by atoms with Crippen LogP contribution < -0.4 is 15.4 Å². The quantitative estimate of drug-likeness (QED) is 0.886. The first-order valence-corrected chi connectivity index (χ1v) is 8.80. The van der Waals surface area contributed by atoms with Crippen molar-refractivity contribution in [1.82, 2.24) is 10.6 Å². The number of ether oxygens (including phenoxy) is 1. The third-order valence-electron chi connectivity index (χ3n) is 3.95. The van der Waals surface area contributed by atoms with Gasteiger partial charge in [-0.3, -0.25) is 4.79 Å². The molecule has 1 fully saturated rings. The van der Waals surface area contributed by atoms with E-state index < -0.39 is 0 Å². The summed E-state index contributed by atoms with van der Waals surface area (Å²) in [6.45, 7) is 1.73. The van der Waals surface area contributed by atoms with Gasteiger partial charge in [-0.2, -0.15) is 11.8 Å². The van der Waals surface area contributed by atoms with E-state index in [0.29, 0.717) is 12.5 Å². The Bertz CT molecular complexity index is 495. The van der Waals surface area contributed by atoms with Gasteiger partial charge in [-0.15, -0.1) is 12.4 Å². The minimum Gasteiger partial charge on any atom is -0.493 e. The Kier molecular flexibility index (Phi) is 6.86. The van der Waals surface area contributed by atoms with Crippen LogP contribution in [-0.2, 0) is 4.79 Å². The molecule has 0 saturated carbocycles. The van der Waals surface area contributed by atoms with Crippen LogP contribution in [0.25, 0.3) is 0 Å². The maximum absolute atomic E-state index is 12.3. The molecule has 122 valence electrons. The minimum atomic E-state index is 0. The average molecular weight is 343 g/mol. The van der Waals surface area contributed by atoms with Gasteiger partial charge in [0.05, 0.1) is 12.6 Å². The first-order chi connectivity index (χ1) is 10.3. The monoisotopic (exact) mass is 342 g/mol. The van der Waals surface area contributed by atoms with Crippen LogP contribution >= 0.6 is 24.2 Å². The Labute approximate surface area is 142 Å². The van der Waals surface area contributed by atoms with Crippen molar-refractivity contribution in [3.8, 4) is 5.75 Å². The van der Waals surface area contributed by atoms with Gasteiger partial charge in [0.2, 0.25) is 5.91 Å². The number of rotatable bonds is 3. The number of hydrogen-bond donors (Lipinski definition) is 2. The predicted octanol–water partition coefficient (Wildman–Crippen LogP) is 2.53. The molecule has 2 unspecified atom stereocenters. The summed E-state index contributed by atoms with van der Waals surface area (Å²) >= 11 is 1.92. The van der Waals surface area contributed by atoms with Crippen LogP contribution in [0.2, 0.25) is 0 Å². The Balaban J connectivity index is 0.00000176. The molecule has 0 radical (unpaired) electrons. The fraction of sp³-hybridized carbons (Fsp3) is 0.562. The molecule has 2 heterocycles. The number of thioether (sulfide) groups is 1. The third kappa shape index (κ3) is 4.54. The molecule has 1 amide bonds. The topological polar surface area (TPSA) is 50.4 Å². The zero-order chi connectivity index (χ0) is 14.5. The molecule has 4 nitrogen and oxygen atoms in total. The number of carbonyl (C=O) groups excluding carboxylic acids is 1. The summed E-state index contributed by atoms with van der Waals surface area (Å²) in [7, 11) is 0. The van der Waals surface area contributed by atoms with Crippen molar-refractivity contribution in [2.75, 3.05) is 24.7 Å². The second-order valence-electron chi connectivity index (χ2n) is 5.58. The molecule has 2 aliphatic heterocycles. The van der Waals surface area contributed by atoms with Gasteiger partial charge in [-0.05, 0) is 18.9 Å². The molecule has 6 heteroatoms. The highest BCUT2D eigenvalue weighted by Crippen LogP contribution is 2.31. The van der Waals surface area contributed by atoms with Crippen LogP contribution in [0.5, 0.6) is 5.75 Å². The predicted molar refractivity (Wildman–Crippen MR) is 93.0 cm³/mol. The zero-order valence-electron chi connectivity index (χ0n) is 12.5. The van der Waals surface area contributed by atoms with Gasteiger partial charge in [0, 0.05) is 36.1 Å². The molecule has 0 aromatic heterocycles. The Morgan fingerprint density at radius 2 is 2.27 bits per heavy atom. The fourth-order valence-corrected chi connectivity index (χ4v) is 3.85. The lowest BCUT2D eigenvalue weighted by molar-refractivity contribution is -0.122. The molecule has 1 aromatic rings. The summed E-state index contributed by atoms with van der Waals surface area (Å²) in [5.41, 5.74) is 1.11. The third-order valence-corrected chi connectivity index (χ3v) is 5.09. The lowest BCUT2D eigenvalue weighted by Gasteiger charge is -2.24. The van der Waals surface area contributed by atoms with Crippen LogP contribution in [-0.4, -0.2) is 36.6 Å². The number of nitrogens with one attached hydrogen (secondary N) is 2. The molecule has 0 bridgehead atoms. The largest absolute Gasteiger partial charge is 0.493 e. The van der Waals surface area contributed by atoms with Gasteiger partial charge in [0.25, 0.3) is 0 Å². The molecular formula is C16H23ClN2O2S. The van der Waals surface area contributed by atoms with E-state index in [2.05, 4.69) is 16.7 Å². The smallest absolute Gasteiger partial charge is 0.222 e. The lowest BCUT2D eigenvalue weighted by Crippen LogP contribution is -2.42. The van der Waals surface area contributed by atoms with Gasteiger partial charge in [-0.25, -0.2) is 0 Å². The maximum atomic E-state index is 12.3. The molecule has 0 spiro atoms. The van der Waals surface area contributed by atoms with Crippen molar-refractivity contribution >= 4 is 30.1 Å². The van der Waals surface area contributed by atoms with Crippen LogP contribution in [0, 0.1) is 0 Å². The highest BCUT2D eigenvalue weighted by molar-refractivity contribution is 7.99. The number of carbonyl (C=O) groups is 1. The van der Waals surface area contributed by atoms with Gasteiger partial charge < -0.3 is 15.4 Å². The van der Waals surface area contributed by atoms with Crippen molar-refractivity contribution in [3.05, 3.63) is 29.8 Å². The Morgan fingerprint density at radius 3 is 3.09 bits per heavy atom. The zero-order valence-corrected chi connectivity index (χ0v) is 14.2. The van der Waals surface area contributed by atoms with Crippen LogP contribution in [0.15, 0.2) is 24.3 Å². The summed E-state index contributed by atoms with van der Waals surface area (Å²) in [6.07, 6.45) is 2.47. The van der Waals surface area contributed by atoms with Gasteiger partial charge in [0.1, 0.15) is 5.75 Å². The summed E-state index contributed by atoms with van der Waals surface area (Å²) in [6, 6.07) is 8.41. The van der Waals surface area contributed by atoms with Gasteiger partial charge >= 0.3 is 0 Å². The summed E-state index contributed by atoms with van der Waals surface area (Å²) < 4.78 is 5.74. The molecule has 2 aliphatic rings. The number of amides is 1. The molecule has 0 aliphatic carbocycles. The molecule has 1 aromatic carbocycles. The van der Waals surface area contributed by atoms with E-state index in [1.807, 2.05) is 30.0 Å². The summed E-state index contributed by atoms with van der Waals surface area (Å²) in [5.74, 6) is 3.21. The number of para-hydroxylation sites is 1. The maximum Gasteiger partial charge on any atom is 0.222 e. The summed E-state index contributed by atoms with van der Waals surface area (Å²) in [4.78, 5) is 12.3.